The second-order valence-electron chi connectivity index (χ2n) is 7.75. The third-order valence-electron chi connectivity index (χ3n) is 2.63. The Labute approximate surface area is 190 Å². The van der Waals surface area contributed by atoms with Crippen molar-refractivity contribution in [2.24, 2.45) is 0 Å². The number of Topliss-reactive ketones (excluding diaryl/α,β-unsaturated/α-hetero) is 3. The van der Waals surface area contributed by atoms with Gasteiger partial charge in [0.05, 0.1) is 5.60 Å². The van der Waals surface area contributed by atoms with E-state index < -0.39 is 23.5 Å². The van der Waals surface area contributed by atoms with Crippen LogP contribution in [0.5, 0.6) is 0 Å². The number of ketones is 3. The Bertz CT molecular complexity index is 496. The molecule has 0 aromatic carbocycles. The van der Waals surface area contributed by atoms with Crippen LogP contribution in [0.15, 0.2) is 0 Å². The highest BCUT2D eigenvalue weighted by Crippen LogP contribution is 1.94. The van der Waals surface area contributed by atoms with E-state index in [0.717, 1.165) is 19.3 Å². The molecule has 10 heteroatoms. The van der Waals surface area contributed by atoms with Gasteiger partial charge in [0.15, 0.2) is 0 Å². The molecule has 0 aliphatic carbocycles. The minimum Gasteiger partial charge on any atom is -0.481 e. The molecule has 32 heavy (non-hydrogen) atoms. The summed E-state index contributed by atoms with van der Waals surface area (Å²) in [5.41, 5.74) is -0.500. The minimum absolute atomic E-state index is 0.190. The summed E-state index contributed by atoms with van der Waals surface area (Å²) < 4.78 is 0. The Balaban J connectivity index is -0.000000167. The van der Waals surface area contributed by atoms with Crippen molar-refractivity contribution < 1.29 is 49.2 Å². The van der Waals surface area contributed by atoms with Gasteiger partial charge in [-0.05, 0) is 40.0 Å². The number of hydrogen-bond donors (Lipinski definition) is 4. The van der Waals surface area contributed by atoms with Crippen molar-refractivity contribution in [3.05, 3.63) is 0 Å². The topological polar surface area (TPSA) is 183 Å². The predicted molar refractivity (Wildman–Crippen MR) is 118 cm³/mol. The summed E-state index contributed by atoms with van der Waals surface area (Å²) >= 11 is 0. The van der Waals surface area contributed by atoms with Crippen LogP contribution in [0.2, 0.25) is 0 Å². The van der Waals surface area contributed by atoms with Crippen LogP contribution in [-0.4, -0.2) is 61.3 Å². The molecule has 0 saturated carbocycles. The van der Waals surface area contributed by atoms with Crippen LogP contribution in [0.4, 0.5) is 0 Å². The number of carboxylic acids is 3. The Morgan fingerprint density at radius 3 is 0.781 bits per heavy atom. The quantitative estimate of drug-likeness (QED) is 0.312. The van der Waals surface area contributed by atoms with Crippen molar-refractivity contribution in [2.75, 3.05) is 0 Å². The van der Waals surface area contributed by atoms with Crippen LogP contribution >= 0.6 is 0 Å². The predicted octanol–water partition coefficient (Wildman–Crippen LogP) is 3.27. The summed E-state index contributed by atoms with van der Waals surface area (Å²) in [6.07, 6.45) is 2.35. The second kappa shape index (κ2) is 23.1. The van der Waals surface area contributed by atoms with Crippen molar-refractivity contribution in [1.82, 2.24) is 0 Å². The average Bonchev–Trinajstić information content (AvgIpc) is 2.52. The summed E-state index contributed by atoms with van der Waals surface area (Å²) in [5, 5.41) is 32.8. The number of hydrogen-bond acceptors (Lipinski definition) is 7. The van der Waals surface area contributed by atoms with Gasteiger partial charge in [0.25, 0.3) is 0 Å². The molecule has 10 nitrogen and oxygen atoms in total. The zero-order valence-electron chi connectivity index (χ0n) is 20.1. The molecule has 4 N–H and O–H groups in total. The van der Waals surface area contributed by atoms with E-state index in [1.54, 1.807) is 20.8 Å². The Morgan fingerprint density at radius 2 is 0.688 bits per heavy atom. The highest BCUT2D eigenvalue weighted by Gasteiger charge is 2.06. The maximum atomic E-state index is 10.5. The van der Waals surface area contributed by atoms with E-state index in [1.165, 1.54) is 0 Å². The zero-order chi connectivity index (χ0) is 26.3. The van der Waals surface area contributed by atoms with Gasteiger partial charge in [-0.25, -0.2) is 0 Å². The van der Waals surface area contributed by atoms with Gasteiger partial charge in [0.2, 0.25) is 0 Å². The molecule has 0 bridgehead atoms. The molecule has 0 radical (unpaired) electrons. The zero-order valence-corrected chi connectivity index (χ0v) is 20.1. The summed E-state index contributed by atoms with van der Waals surface area (Å²) in [5.74, 6) is -3.67. The molecular formula is C22H40O10. The van der Waals surface area contributed by atoms with Gasteiger partial charge in [-0.3, -0.25) is 28.8 Å². The lowest BCUT2D eigenvalue weighted by atomic mass is 10.2. The molecule has 0 aromatic heterocycles. The summed E-state index contributed by atoms with van der Waals surface area (Å²) in [6, 6.07) is 0. The summed E-state index contributed by atoms with van der Waals surface area (Å²) in [6.45, 7) is 10.8. The van der Waals surface area contributed by atoms with Gasteiger partial charge in [0, 0.05) is 19.3 Å². The average molecular weight is 465 g/mol. The number of carbonyl (C=O) groups is 6. The van der Waals surface area contributed by atoms with E-state index in [-0.39, 0.29) is 36.6 Å². The monoisotopic (exact) mass is 464 g/mol. The van der Waals surface area contributed by atoms with E-state index in [2.05, 4.69) is 0 Å². The molecule has 0 fully saturated rings. The van der Waals surface area contributed by atoms with Gasteiger partial charge < -0.3 is 20.4 Å². The molecule has 0 saturated heterocycles. The molecule has 0 rings (SSSR count). The third-order valence-corrected chi connectivity index (χ3v) is 2.63. The van der Waals surface area contributed by atoms with Crippen molar-refractivity contribution >= 4 is 35.3 Å². The lowest BCUT2D eigenvalue weighted by Gasteiger charge is -2.04. The molecule has 0 aliphatic heterocycles. The van der Waals surface area contributed by atoms with E-state index in [1.807, 2.05) is 20.8 Å². The fraction of sp³-hybridized carbons (Fsp3) is 0.727. The Morgan fingerprint density at radius 1 is 0.531 bits per heavy atom. The SMILES string of the molecule is CC(C)(C)O.CCCC(=O)CC(=O)O.CCCC(=O)CC(=O)O.CCCC(=O)CC(=O)O. The van der Waals surface area contributed by atoms with E-state index in [4.69, 9.17) is 20.4 Å². The minimum atomic E-state index is -1.03. The van der Waals surface area contributed by atoms with Crippen molar-refractivity contribution in [1.29, 1.82) is 0 Å². The first-order valence-corrected chi connectivity index (χ1v) is 10.4. The molecular weight excluding hydrogens is 424 g/mol. The lowest BCUT2D eigenvalue weighted by Crippen LogP contribution is -2.10. The van der Waals surface area contributed by atoms with Crippen LogP contribution in [-0.2, 0) is 28.8 Å². The molecule has 0 unspecified atom stereocenters. The first-order chi connectivity index (χ1) is 14.5. The van der Waals surface area contributed by atoms with Gasteiger partial charge in [0.1, 0.15) is 36.6 Å². The smallest absolute Gasteiger partial charge is 0.310 e. The van der Waals surface area contributed by atoms with Crippen LogP contribution < -0.4 is 0 Å². The van der Waals surface area contributed by atoms with E-state index in [9.17, 15) is 28.8 Å². The highest BCUT2D eigenvalue weighted by molar-refractivity contribution is 5.95. The van der Waals surface area contributed by atoms with Crippen molar-refractivity contribution in [3.8, 4) is 0 Å². The maximum Gasteiger partial charge on any atom is 0.310 e. The first-order valence-electron chi connectivity index (χ1n) is 10.4. The highest BCUT2D eigenvalue weighted by atomic mass is 16.4. The normalized spacial score (nSPS) is 9.47. The molecule has 0 heterocycles. The number of rotatable bonds is 12. The number of carbonyl (C=O) groups excluding carboxylic acids is 3. The number of aliphatic hydroxyl groups is 1. The second-order valence-corrected chi connectivity index (χ2v) is 7.75. The van der Waals surface area contributed by atoms with Gasteiger partial charge in [-0.1, -0.05) is 20.8 Å². The molecule has 0 amide bonds. The molecule has 0 aromatic rings. The van der Waals surface area contributed by atoms with Gasteiger partial charge in [-0.15, -0.1) is 0 Å². The Hall–Kier alpha value is -2.62. The standard InChI is InChI=1S/3C6H10O3.C4H10O/c3*1-2-3-5(7)4-6(8)9;1-4(2,3)5/h3*2-4H2,1H3,(H,8,9);5H,1-3H3. The van der Waals surface area contributed by atoms with E-state index in [0.29, 0.717) is 19.3 Å². The molecule has 0 spiro atoms. The molecule has 188 valence electrons. The third kappa shape index (κ3) is 56.4. The van der Waals surface area contributed by atoms with Crippen LogP contribution in [0.25, 0.3) is 0 Å². The fourth-order valence-electron chi connectivity index (χ4n) is 1.61. The van der Waals surface area contributed by atoms with Gasteiger partial charge >= 0.3 is 17.9 Å². The first kappa shape index (κ1) is 36.7. The van der Waals surface area contributed by atoms with E-state index >= 15 is 0 Å². The number of carboxylic acid groups (broad SMARTS) is 3. The van der Waals surface area contributed by atoms with Crippen LogP contribution in [0.1, 0.15) is 99.3 Å². The summed E-state index contributed by atoms with van der Waals surface area (Å²) in [7, 11) is 0. The van der Waals surface area contributed by atoms with Gasteiger partial charge in [-0.2, -0.15) is 0 Å². The largest absolute Gasteiger partial charge is 0.481 e. The Kier molecular flexibility index (Phi) is 26.5. The fourth-order valence-corrected chi connectivity index (χ4v) is 1.61. The molecule has 0 atom stereocenters. The maximum absolute atomic E-state index is 10.5. The lowest BCUT2D eigenvalue weighted by molar-refractivity contribution is -0.141. The summed E-state index contributed by atoms with van der Waals surface area (Å²) in [4.78, 5) is 61.0. The van der Waals surface area contributed by atoms with Crippen LogP contribution in [0.3, 0.4) is 0 Å². The van der Waals surface area contributed by atoms with Crippen molar-refractivity contribution in [3.63, 3.8) is 0 Å². The van der Waals surface area contributed by atoms with Crippen LogP contribution in [0, 0.1) is 0 Å². The molecule has 0 aliphatic rings. The number of aliphatic carboxylic acids is 3. The van der Waals surface area contributed by atoms with Crippen molar-refractivity contribution in [2.45, 2.75) is 105 Å².